The van der Waals surface area contributed by atoms with Crippen LogP contribution in [0.1, 0.15) is 26.3 Å². The molecule has 0 fully saturated rings. The zero-order valence-electron chi connectivity index (χ0n) is 10.9. The average molecular weight is 305 g/mol. The highest BCUT2D eigenvalue weighted by Gasteiger charge is 2.12. The molecule has 0 spiro atoms. The molecule has 1 N–H and O–H groups in total. The van der Waals surface area contributed by atoms with E-state index in [1.807, 2.05) is 18.2 Å². The van der Waals surface area contributed by atoms with E-state index in [4.69, 9.17) is 0 Å². The van der Waals surface area contributed by atoms with Gasteiger partial charge in [0, 0.05) is 5.69 Å². The zero-order valence-corrected chi connectivity index (χ0v) is 12.5. The van der Waals surface area contributed by atoms with Gasteiger partial charge in [-0.05, 0) is 51.2 Å². The maximum Gasteiger partial charge on any atom is 0.131 e. The maximum absolute atomic E-state index is 4.35. The number of pyridine rings is 1. The molecule has 0 radical (unpaired) electrons. The summed E-state index contributed by atoms with van der Waals surface area (Å²) >= 11 is 3.36. The smallest absolute Gasteiger partial charge is 0.131 e. The summed E-state index contributed by atoms with van der Waals surface area (Å²) in [5, 5.41) is 3.28. The van der Waals surface area contributed by atoms with Crippen LogP contribution in [0.25, 0.3) is 0 Å². The van der Waals surface area contributed by atoms with E-state index in [9.17, 15) is 0 Å². The van der Waals surface area contributed by atoms with E-state index in [2.05, 4.69) is 71.3 Å². The molecule has 0 aliphatic heterocycles. The van der Waals surface area contributed by atoms with Crippen molar-refractivity contribution >= 4 is 27.4 Å². The third kappa shape index (κ3) is 3.33. The number of hydrogen-bond donors (Lipinski definition) is 1. The maximum atomic E-state index is 4.35. The summed E-state index contributed by atoms with van der Waals surface area (Å²) in [7, 11) is 0. The minimum absolute atomic E-state index is 0.187. The number of nitrogens with one attached hydrogen (secondary N) is 1. The Balaban J connectivity index is 2.16. The summed E-state index contributed by atoms with van der Waals surface area (Å²) in [5.74, 6) is 0.841. The van der Waals surface area contributed by atoms with Crippen LogP contribution in [-0.2, 0) is 5.41 Å². The van der Waals surface area contributed by atoms with Crippen molar-refractivity contribution in [3.63, 3.8) is 0 Å². The zero-order chi connectivity index (χ0) is 13.2. The van der Waals surface area contributed by atoms with E-state index < -0.39 is 0 Å². The van der Waals surface area contributed by atoms with E-state index in [1.54, 1.807) is 0 Å². The van der Waals surface area contributed by atoms with Crippen molar-refractivity contribution in [3.8, 4) is 0 Å². The molecule has 2 rings (SSSR count). The molecular weight excluding hydrogens is 288 g/mol. The lowest BCUT2D eigenvalue weighted by molar-refractivity contribution is 0.590. The van der Waals surface area contributed by atoms with Crippen molar-refractivity contribution < 1.29 is 0 Å². The van der Waals surface area contributed by atoms with Crippen LogP contribution in [0.2, 0.25) is 0 Å². The fourth-order valence-corrected chi connectivity index (χ4v) is 2.02. The second-order valence-corrected chi connectivity index (χ2v) is 6.11. The van der Waals surface area contributed by atoms with Crippen molar-refractivity contribution in [3.05, 3.63) is 52.6 Å². The predicted molar refractivity (Wildman–Crippen MR) is 80.4 cm³/mol. The molecule has 0 aliphatic carbocycles. The lowest BCUT2D eigenvalue weighted by Gasteiger charge is -2.19. The van der Waals surface area contributed by atoms with Gasteiger partial charge in [0.2, 0.25) is 0 Å². The molecular formula is C15H17BrN2. The first-order valence-corrected chi connectivity index (χ1v) is 6.74. The first-order valence-electron chi connectivity index (χ1n) is 5.95. The molecule has 1 aromatic carbocycles. The summed E-state index contributed by atoms with van der Waals surface area (Å²) in [6.07, 6.45) is 0. The second kappa shape index (κ2) is 5.11. The Morgan fingerprint density at radius 2 is 1.67 bits per heavy atom. The summed E-state index contributed by atoms with van der Waals surface area (Å²) < 4.78 is 0.832. The van der Waals surface area contributed by atoms with Crippen molar-refractivity contribution in [1.82, 2.24) is 4.98 Å². The minimum Gasteiger partial charge on any atom is -0.340 e. The molecule has 0 amide bonds. The summed E-state index contributed by atoms with van der Waals surface area (Å²) in [4.78, 5) is 4.35. The Morgan fingerprint density at radius 3 is 2.22 bits per heavy atom. The number of hydrogen-bond acceptors (Lipinski definition) is 2. The van der Waals surface area contributed by atoms with E-state index in [1.165, 1.54) is 5.56 Å². The largest absolute Gasteiger partial charge is 0.340 e. The summed E-state index contributed by atoms with van der Waals surface area (Å²) in [6.45, 7) is 6.64. The van der Waals surface area contributed by atoms with Gasteiger partial charge in [-0.15, -0.1) is 0 Å². The van der Waals surface area contributed by atoms with Crippen LogP contribution in [0, 0.1) is 0 Å². The molecule has 0 saturated heterocycles. The molecule has 0 aliphatic rings. The van der Waals surface area contributed by atoms with Gasteiger partial charge in [0.1, 0.15) is 10.4 Å². The number of nitrogens with zero attached hydrogens (tertiary/aromatic N) is 1. The first kappa shape index (κ1) is 13.1. The van der Waals surface area contributed by atoms with E-state index in [-0.39, 0.29) is 5.41 Å². The van der Waals surface area contributed by atoms with Crippen molar-refractivity contribution in [2.24, 2.45) is 0 Å². The van der Waals surface area contributed by atoms with Crippen LogP contribution in [0.3, 0.4) is 0 Å². The van der Waals surface area contributed by atoms with Crippen LogP contribution in [0.4, 0.5) is 11.5 Å². The average Bonchev–Trinajstić information content (AvgIpc) is 2.28. The van der Waals surface area contributed by atoms with Crippen molar-refractivity contribution in [2.45, 2.75) is 26.2 Å². The van der Waals surface area contributed by atoms with Gasteiger partial charge >= 0.3 is 0 Å². The fourth-order valence-electron chi connectivity index (χ4n) is 1.68. The monoisotopic (exact) mass is 304 g/mol. The fraction of sp³-hybridized carbons (Fsp3) is 0.267. The number of anilines is 2. The number of halogens is 1. The molecule has 2 nitrogen and oxygen atoms in total. The standard InChI is InChI=1S/C15H17BrN2/c1-15(2,3)11-7-9-12(10-8-11)17-14-6-4-5-13(16)18-14/h4-10H,1-3H3,(H,17,18). The third-order valence-electron chi connectivity index (χ3n) is 2.74. The lowest BCUT2D eigenvalue weighted by Crippen LogP contribution is -2.10. The van der Waals surface area contributed by atoms with Crippen molar-refractivity contribution in [2.75, 3.05) is 5.32 Å². The highest BCUT2D eigenvalue weighted by molar-refractivity contribution is 9.10. The second-order valence-electron chi connectivity index (χ2n) is 5.30. The van der Waals surface area contributed by atoms with Crippen LogP contribution >= 0.6 is 15.9 Å². The molecule has 0 saturated carbocycles. The number of benzene rings is 1. The van der Waals surface area contributed by atoms with Gasteiger partial charge in [0.05, 0.1) is 0 Å². The van der Waals surface area contributed by atoms with Gasteiger partial charge in [-0.25, -0.2) is 4.98 Å². The van der Waals surface area contributed by atoms with E-state index in [0.29, 0.717) is 0 Å². The first-order chi connectivity index (χ1) is 8.45. The number of rotatable bonds is 2. The molecule has 2 aromatic rings. The Bertz CT molecular complexity index is 527. The van der Waals surface area contributed by atoms with Gasteiger partial charge < -0.3 is 5.32 Å². The van der Waals surface area contributed by atoms with Gasteiger partial charge in [-0.2, -0.15) is 0 Å². The number of aromatic nitrogens is 1. The normalized spacial score (nSPS) is 11.3. The van der Waals surface area contributed by atoms with Gasteiger partial charge in [-0.3, -0.25) is 0 Å². The van der Waals surface area contributed by atoms with Gasteiger partial charge in [0.25, 0.3) is 0 Å². The highest BCUT2D eigenvalue weighted by Crippen LogP contribution is 2.24. The minimum atomic E-state index is 0.187. The Hall–Kier alpha value is -1.35. The topological polar surface area (TPSA) is 24.9 Å². The lowest BCUT2D eigenvalue weighted by atomic mass is 9.87. The Labute approximate surface area is 117 Å². The van der Waals surface area contributed by atoms with Gasteiger partial charge in [0.15, 0.2) is 0 Å². The molecule has 94 valence electrons. The molecule has 1 aromatic heterocycles. The van der Waals surface area contributed by atoms with E-state index >= 15 is 0 Å². The molecule has 1 heterocycles. The Morgan fingerprint density at radius 1 is 1.00 bits per heavy atom. The predicted octanol–water partition coefficient (Wildman–Crippen LogP) is 4.89. The van der Waals surface area contributed by atoms with Crippen molar-refractivity contribution in [1.29, 1.82) is 0 Å². The van der Waals surface area contributed by atoms with Gasteiger partial charge in [-0.1, -0.05) is 39.0 Å². The third-order valence-corrected chi connectivity index (χ3v) is 3.18. The van der Waals surface area contributed by atoms with Crippen LogP contribution in [0.15, 0.2) is 47.1 Å². The SMILES string of the molecule is CC(C)(C)c1ccc(Nc2cccc(Br)n2)cc1. The Kier molecular flexibility index (Phi) is 3.71. The molecule has 0 unspecified atom stereocenters. The molecule has 3 heteroatoms. The molecule has 0 atom stereocenters. The van der Waals surface area contributed by atoms with Crippen LogP contribution in [0.5, 0.6) is 0 Å². The molecule has 18 heavy (non-hydrogen) atoms. The van der Waals surface area contributed by atoms with Crippen LogP contribution < -0.4 is 5.32 Å². The summed E-state index contributed by atoms with van der Waals surface area (Å²) in [5.41, 5.74) is 2.57. The highest BCUT2D eigenvalue weighted by atomic mass is 79.9. The molecule has 0 bridgehead atoms. The summed E-state index contributed by atoms with van der Waals surface area (Å²) in [6, 6.07) is 14.3. The van der Waals surface area contributed by atoms with Crippen LogP contribution in [-0.4, -0.2) is 4.98 Å². The quantitative estimate of drug-likeness (QED) is 0.799. The van der Waals surface area contributed by atoms with E-state index in [0.717, 1.165) is 16.1 Å².